The number of benzene rings is 3. The Kier molecular flexibility index (Phi) is 6.83. The van der Waals surface area contributed by atoms with Gasteiger partial charge in [-0.15, -0.1) is 0 Å². The highest BCUT2D eigenvalue weighted by Gasteiger charge is 2.35. The predicted molar refractivity (Wildman–Crippen MR) is 140 cm³/mol. The molecule has 1 N–H and O–H groups in total. The Balaban J connectivity index is 1.40. The Labute approximate surface area is 213 Å². The van der Waals surface area contributed by atoms with Crippen LogP contribution in [0.2, 0.25) is 5.02 Å². The van der Waals surface area contributed by atoms with Crippen molar-refractivity contribution < 1.29 is 13.2 Å². The highest BCUT2D eigenvalue weighted by molar-refractivity contribution is 7.89. The highest BCUT2D eigenvalue weighted by Crippen LogP contribution is 2.34. The second-order valence-corrected chi connectivity index (χ2v) is 12.0. The van der Waals surface area contributed by atoms with Gasteiger partial charge >= 0.3 is 4.87 Å². The molecule has 35 heavy (non-hydrogen) atoms. The minimum absolute atomic E-state index is 0.136. The average molecular weight is 529 g/mol. The van der Waals surface area contributed by atoms with Crippen LogP contribution in [-0.4, -0.2) is 32.7 Å². The van der Waals surface area contributed by atoms with Crippen molar-refractivity contribution in [2.75, 3.05) is 19.8 Å². The fourth-order valence-corrected chi connectivity index (χ4v) is 6.86. The molecule has 0 radical (unpaired) electrons. The molecule has 5 rings (SSSR count). The van der Waals surface area contributed by atoms with Gasteiger partial charge < -0.3 is 4.74 Å². The maximum absolute atomic E-state index is 13.3. The monoisotopic (exact) mass is 528 g/mol. The summed E-state index contributed by atoms with van der Waals surface area (Å²) in [6.45, 7) is 1.87. The third kappa shape index (κ3) is 5.08. The van der Waals surface area contributed by atoms with E-state index in [1.54, 1.807) is 34.9 Å². The first kappa shape index (κ1) is 24.2. The molecule has 0 spiro atoms. The zero-order chi connectivity index (χ0) is 24.5. The largest absolute Gasteiger partial charge is 0.381 e. The Bertz CT molecular complexity index is 1490. The highest BCUT2D eigenvalue weighted by atomic mass is 35.5. The number of fused-ring (bicyclic) bond motifs is 1. The van der Waals surface area contributed by atoms with E-state index in [1.165, 1.54) is 0 Å². The molecule has 0 bridgehead atoms. The Hall–Kier alpha value is -2.49. The van der Waals surface area contributed by atoms with Crippen molar-refractivity contribution in [1.82, 2.24) is 9.29 Å². The molecule has 6 nitrogen and oxygen atoms in total. The van der Waals surface area contributed by atoms with Crippen LogP contribution in [0, 0.1) is 0 Å². The molecule has 1 aliphatic rings. The molecule has 0 saturated carbocycles. The molecule has 1 aromatic heterocycles. The lowest BCUT2D eigenvalue weighted by atomic mass is 9.74. The predicted octanol–water partition coefficient (Wildman–Crippen LogP) is 4.79. The first-order valence-electron chi connectivity index (χ1n) is 11.4. The van der Waals surface area contributed by atoms with Gasteiger partial charge in [0.1, 0.15) is 0 Å². The fraction of sp³-hybridized carbons (Fsp3) is 0.269. The van der Waals surface area contributed by atoms with Gasteiger partial charge in [0.15, 0.2) is 0 Å². The molecular weight excluding hydrogens is 504 g/mol. The van der Waals surface area contributed by atoms with Crippen LogP contribution in [0.1, 0.15) is 24.0 Å². The van der Waals surface area contributed by atoms with E-state index in [0.29, 0.717) is 35.0 Å². The number of halogens is 1. The van der Waals surface area contributed by atoms with E-state index in [0.717, 1.165) is 35.3 Å². The SMILES string of the molecule is O=c1sc2cc(S(=O)(=O)NCC3(c4ccccc4)CCOCC3)ccc2n1Cc1ccc(Cl)cc1. The van der Waals surface area contributed by atoms with E-state index in [-0.39, 0.29) is 21.7 Å². The Morgan fingerprint density at radius 2 is 1.71 bits per heavy atom. The van der Waals surface area contributed by atoms with Crippen LogP contribution in [0.25, 0.3) is 10.2 Å². The van der Waals surface area contributed by atoms with Crippen molar-refractivity contribution in [2.45, 2.75) is 29.7 Å². The van der Waals surface area contributed by atoms with Gasteiger partial charge in [-0.05, 0) is 54.3 Å². The number of nitrogens with one attached hydrogen (secondary N) is 1. The van der Waals surface area contributed by atoms with Gasteiger partial charge in [0.2, 0.25) is 10.0 Å². The lowest BCUT2D eigenvalue weighted by Gasteiger charge is -2.37. The zero-order valence-electron chi connectivity index (χ0n) is 18.9. The molecule has 2 heterocycles. The summed E-state index contributed by atoms with van der Waals surface area (Å²) in [6, 6.07) is 22.2. The second kappa shape index (κ2) is 9.87. The van der Waals surface area contributed by atoms with E-state index >= 15 is 0 Å². The summed E-state index contributed by atoms with van der Waals surface area (Å²) in [5.74, 6) is 0. The average Bonchev–Trinajstić information content (AvgIpc) is 3.19. The van der Waals surface area contributed by atoms with Crippen LogP contribution in [0.4, 0.5) is 0 Å². The summed E-state index contributed by atoms with van der Waals surface area (Å²) in [5.41, 5.74) is 2.44. The number of hydrogen-bond donors (Lipinski definition) is 1. The fourth-order valence-electron chi connectivity index (χ4n) is 4.57. The Morgan fingerprint density at radius 1 is 1.00 bits per heavy atom. The van der Waals surface area contributed by atoms with Gasteiger partial charge in [0.05, 0.1) is 21.7 Å². The van der Waals surface area contributed by atoms with E-state index < -0.39 is 10.0 Å². The number of ether oxygens (including phenoxy) is 1. The van der Waals surface area contributed by atoms with Crippen molar-refractivity contribution in [3.8, 4) is 0 Å². The summed E-state index contributed by atoms with van der Waals surface area (Å²) in [7, 11) is -3.77. The number of nitrogens with zero attached hydrogens (tertiary/aromatic N) is 1. The molecule has 1 aliphatic heterocycles. The van der Waals surface area contributed by atoms with Crippen molar-refractivity contribution >= 4 is 43.2 Å². The summed E-state index contributed by atoms with van der Waals surface area (Å²) in [6.07, 6.45) is 1.49. The zero-order valence-corrected chi connectivity index (χ0v) is 21.3. The van der Waals surface area contributed by atoms with Crippen LogP contribution in [0.5, 0.6) is 0 Å². The molecular formula is C26H25ClN2O4S2. The van der Waals surface area contributed by atoms with Gasteiger partial charge in [-0.3, -0.25) is 9.36 Å². The molecule has 182 valence electrons. The molecule has 0 unspecified atom stereocenters. The van der Waals surface area contributed by atoms with E-state index in [2.05, 4.69) is 4.72 Å². The first-order chi connectivity index (χ1) is 16.9. The second-order valence-electron chi connectivity index (χ2n) is 8.79. The third-order valence-electron chi connectivity index (χ3n) is 6.64. The quantitative estimate of drug-likeness (QED) is 0.374. The minimum atomic E-state index is -3.77. The lowest BCUT2D eigenvalue weighted by molar-refractivity contribution is 0.0517. The number of hydrogen-bond acceptors (Lipinski definition) is 5. The maximum Gasteiger partial charge on any atom is 0.308 e. The van der Waals surface area contributed by atoms with Crippen LogP contribution in [-0.2, 0) is 26.7 Å². The van der Waals surface area contributed by atoms with Crippen LogP contribution in [0.15, 0.2) is 82.5 Å². The normalized spacial score (nSPS) is 15.9. The van der Waals surface area contributed by atoms with Gasteiger partial charge in [-0.25, -0.2) is 13.1 Å². The Morgan fingerprint density at radius 3 is 2.43 bits per heavy atom. The summed E-state index contributed by atoms with van der Waals surface area (Å²) in [5, 5.41) is 0.633. The van der Waals surface area contributed by atoms with Crippen LogP contribution < -0.4 is 9.60 Å². The summed E-state index contributed by atoms with van der Waals surface area (Å²) < 4.78 is 37.2. The summed E-state index contributed by atoms with van der Waals surface area (Å²) >= 11 is 7.01. The molecule has 0 amide bonds. The van der Waals surface area contributed by atoms with Crippen molar-refractivity contribution in [3.05, 3.63) is 98.6 Å². The van der Waals surface area contributed by atoms with Crippen LogP contribution in [0.3, 0.4) is 0 Å². The van der Waals surface area contributed by atoms with E-state index in [9.17, 15) is 13.2 Å². The third-order valence-corrected chi connectivity index (χ3v) is 9.23. The molecule has 9 heteroatoms. The van der Waals surface area contributed by atoms with Gasteiger partial charge in [-0.2, -0.15) is 0 Å². The minimum Gasteiger partial charge on any atom is -0.381 e. The van der Waals surface area contributed by atoms with Crippen molar-refractivity contribution in [3.63, 3.8) is 0 Å². The van der Waals surface area contributed by atoms with Crippen LogP contribution >= 0.6 is 22.9 Å². The molecule has 0 atom stereocenters. The maximum atomic E-state index is 13.3. The number of aromatic nitrogens is 1. The standard InChI is InChI=1S/C26H25ClN2O4S2/c27-21-8-6-19(7-9-21)17-29-23-11-10-22(16-24(23)34-25(29)30)35(31,32)28-18-26(12-14-33-15-13-26)20-4-2-1-3-5-20/h1-11,16,28H,12-15,17-18H2. The van der Waals surface area contributed by atoms with Gasteiger partial charge in [0, 0.05) is 30.2 Å². The van der Waals surface area contributed by atoms with Crippen molar-refractivity contribution in [2.24, 2.45) is 0 Å². The number of sulfonamides is 1. The molecule has 1 saturated heterocycles. The smallest absolute Gasteiger partial charge is 0.308 e. The van der Waals surface area contributed by atoms with Gasteiger partial charge in [0.25, 0.3) is 0 Å². The number of thiazole rings is 1. The topological polar surface area (TPSA) is 77.4 Å². The molecule has 1 fully saturated rings. The molecule has 3 aromatic carbocycles. The van der Waals surface area contributed by atoms with Gasteiger partial charge in [-0.1, -0.05) is 65.4 Å². The number of rotatable bonds is 7. The summed E-state index contributed by atoms with van der Waals surface area (Å²) in [4.78, 5) is 12.7. The lowest BCUT2D eigenvalue weighted by Crippen LogP contribution is -2.44. The van der Waals surface area contributed by atoms with E-state index in [4.69, 9.17) is 16.3 Å². The molecule has 0 aliphatic carbocycles. The van der Waals surface area contributed by atoms with Crippen molar-refractivity contribution in [1.29, 1.82) is 0 Å². The molecule has 4 aromatic rings. The first-order valence-corrected chi connectivity index (χ1v) is 14.0. The van der Waals surface area contributed by atoms with E-state index in [1.807, 2.05) is 42.5 Å².